The van der Waals surface area contributed by atoms with Gasteiger partial charge in [-0.3, -0.25) is 9.78 Å². The summed E-state index contributed by atoms with van der Waals surface area (Å²) in [7, 11) is 0. The fourth-order valence-corrected chi connectivity index (χ4v) is 2.79. The van der Waals surface area contributed by atoms with Gasteiger partial charge in [-0.2, -0.15) is 0 Å². The number of piperidine rings is 1. The van der Waals surface area contributed by atoms with Crippen molar-refractivity contribution in [2.45, 2.75) is 25.9 Å². The number of β-amino-alcohol motifs (C(OH)–C–C–N with tert-alkyl or cyclic N) is 1. The van der Waals surface area contributed by atoms with Crippen LogP contribution in [0.5, 0.6) is 0 Å². The van der Waals surface area contributed by atoms with E-state index in [1.807, 2.05) is 37.3 Å². The summed E-state index contributed by atoms with van der Waals surface area (Å²) < 4.78 is 0. The molecule has 1 atom stereocenters. The molecule has 1 aliphatic heterocycles. The number of aliphatic hydroxyl groups is 1. The first-order valence-electron chi connectivity index (χ1n) is 6.99. The fraction of sp³-hybridized carbons (Fsp3) is 0.375. The Morgan fingerprint density at radius 2 is 2.20 bits per heavy atom. The van der Waals surface area contributed by atoms with E-state index in [0.29, 0.717) is 18.7 Å². The molecule has 1 fully saturated rings. The van der Waals surface area contributed by atoms with Gasteiger partial charge in [-0.25, -0.2) is 0 Å². The molecule has 2 aromatic rings. The molecule has 2 heterocycles. The number of pyridine rings is 1. The van der Waals surface area contributed by atoms with Crippen LogP contribution in [0.1, 0.15) is 28.9 Å². The number of benzene rings is 1. The second-order valence-corrected chi connectivity index (χ2v) is 5.38. The molecule has 0 saturated carbocycles. The van der Waals surface area contributed by atoms with Crippen molar-refractivity contribution >= 4 is 16.8 Å². The Bertz CT molecular complexity index is 654. The van der Waals surface area contributed by atoms with Crippen LogP contribution in [0.4, 0.5) is 0 Å². The summed E-state index contributed by atoms with van der Waals surface area (Å²) >= 11 is 0. The van der Waals surface area contributed by atoms with Crippen LogP contribution in [0, 0.1) is 6.92 Å². The summed E-state index contributed by atoms with van der Waals surface area (Å²) in [4.78, 5) is 18.9. The maximum Gasteiger partial charge on any atom is 0.254 e. The highest BCUT2D eigenvalue weighted by atomic mass is 16.3. The lowest BCUT2D eigenvalue weighted by Gasteiger charge is -2.30. The number of hydrogen-bond donors (Lipinski definition) is 1. The lowest BCUT2D eigenvalue weighted by Crippen LogP contribution is -2.42. The number of rotatable bonds is 1. The molecule has 20 heavy (non-hydrogen) atoms. The summed E-state index contributed by atoms with van der Waals surface area (Å²) in [5.41, 5.74) is 2.36. The van der Waals surface area contributed by atoms with Gasteiger partial charge in [-0.15, -0.1) is 0 Å². The van der Waals surface area contributed by atoms with E-state index in [9.17, 15) is 9.90 Å². The normalized spacial score (nSPS) is 19.3. The molecule has 1 aliphatic rings. The molecule has 4 nitrogen and oxygen atoms in total. The van der Waals surface area contributed by atoms with E-state index in [1.165, 1.54) is 0 Å². The zero-order valence-electron chi connectivity index (χ0n) is 11.5. The van der Waals surface area contributed by atoms with Crippen LogP contribution in [0.25, 0.3) is 10.9 Å². The van der Waals surface area contributed by atoms with Gasteiger partial charge in [0, 0.05) is 24.2 Å². The number of carbonyl (C=O) groups excluding carboxylic acids is 1. The molecule has 4 heteroatoms. The molecule has 0 bridgehead atoms. The predicted molar refractivity (Wildman–Crippen MR) is 77.6 cm³/mol. The van der Waals surface area contributed by atoms with Crippen LogP contribution in [0.15, 0.2) is 30.3 Å². The van der Waals surface area contributed by atoms with Crippen molar-refractivity contribution in [1.29, 1.82) is 0 Å². The van der Waals surface area contributed by atoms with Gasteiger partial charge in [-0.05, 0) is 31.9 Å². The molecule has 1 aromatic heterocycles. The van der Waals surface area contributed by atoms with E-state index in [-0.39, 0.29) is 5.91 Å². The first-order chi connectivity index (χ1) is 9.65. The lowest BCUT2D eigenvalue weighted by atomic mass is 10.0. The van der Waals surface area contributed by atoms with E-state index in [2.05, 4.69) is 4.98 Å². The number of aryl methyl sites for hydroxylation is 1. The van der Waals surface area contributed by atoms with Crippen molar-refractivity contribution in [1.82, 2.24) is 9.88 Å². The zero-order chi connectivity index (χ0) is 14.1. The lowest BCUT2D eigenvalue weighted by molar-refractivity contribution is 0.0475. The third kappa shape index (κ3) is 2.39. The van der Waals surface area contributed by atoms with Crippen LogP contribution >= 0.6 is 0 Å². The Morgan fingerprint density at radius 3 is 3.00 bits per heavy atom. The fourth-order valence-electron chi connectivity index (χ4n) is 2.79. The minimum absolute atomic E-state index is 0.00884. The third-order valence-corrected chi connectivity index (χ3v) is 3.76. The highest BCUT2D eigenvalue weighted by Gasteiger charge is 2.24. The van der Waals surface area contributed by atoms with E-state index < -0.39 is 6.10 Å². The van der Waals surface area contributed by atoms with Crippen molar-refractivity contribution < 1.29 is 9.90 Å². The van der Waals surface area contributed by atoms with Crippen LogP contribution in [0.2, 0.25) is 0 Å². The van der Waals surface area contributed by atoms with Crippen LogP contribution in [-0.4, -0.2) is 40.1 Å². The SMILES string of the molecule is Cc1cc(C(=O)N2CCC[C@H](O)C2)c2ccccc2n1. The summed E-state index contributed by atoms with van der Waals surface area (Å²) in [6.45, 7) is 3.04. The van der Waals surface area contributed by atoms with Gasteiger partial charge in [0.2, 0.25) is 0 Å². The number of nitrogens with zero attached hydrogens (tertiary/aromatic N) is 2. The molecular weight excluding hydrogens is 252 g/mol. The van der Waals surface area contributed by atoms with Gasteiger partial charge in [0.05, 0.1) is 17.2 Å². The summed E-state index contributed by atoms with van der Waals surface area (Å²) in [5, 5.41) is 10.6. The summed E-state index contributed by atoms with van der Waals surface area (Å²) in [6.07, 6.45) is 1.23. The zero-order valence-corrected chi connectivity index (χ0v) is 11.5. The maximum atomic E-state index is 12.7. The van der Waals surface area contributed by atoms with Crippen molar-refractivity contribution in [3.05, 3.63) is 41.6 Å². The Balaban J connectivity index is 2.02. The number of carbonyl (C=O) groups is 1. The predicted octanol–water partition coefficient (Wildman–Crippen LogP) is 2.14. The number of amides is 1. The first-order valence-corrected chi connectivity index (χ1v) is 6.99. The quantitative estimate of drug-likeness (QED) is 0.863. The summed E-state index contributed by atoms with van der Waals surface area (Å²) in [5.74, 6) is -0.00884. The van der Waals surface area contributed by atoms with Crippen molar-refractivity contribution in [2.75, 3.05) is 13.1 Å². The molecule has 104 valence electrons. The third-order valence-electron chi connectivity index (χ3n) is 3.76. The Kier molecular flexibility index (Phi) is 3.40. The second kappa shape index (κ2) is 5.21. The molecular formula is C16H18N2O2. The maximum absolute atomic E-state index is 12.7. The van der Waals surface area contributed by atoms with E-state index in [4.69, 9.17) is 0 Å². The average molecular weight is 270 g/mol. The molecule has 0 unspecified atom stereocenters. The highest BCUT2D eigenvalue weighted by Crippen LogP contribution is 2.21. The number of fused-ring (bicyclic) bond motifs is 1. The molecule has 1 N–H and O–H groups in total. The first kappa shape index (κ1) is 13.1. The van der Waals surface area contributed by atoms with Crippen molar-refractivity contribution in [3.8, 4) is 0 Å². The van der Waals surface area contributed by atoms with Gasteiger partial charge in [0.25, 0.3) is 5.91 Å². The number of likely N-dealkylation sites (tertiary alicyclic amines) is 1. The largest absolute Gasteiger partial charge is 0.391 e. The number of hydrogen-bond acceptors (Lipinski definition) is 3. The van der Waals surface area contributed by atoms with Gasteiger partial charge in [-0.1, -0.05) is 18.2 Å². The van der Waals surface area contributed by atoms with Crippen molar-refractivity contribution in [3.63, 3.8) is 0 Å². The van der Waals surface area contributed by atoms with E-state index in [0.717, 1.165) is 29.4 Å². The van der Waals surface area contributed by atoms with E-state index in [1.54, 1.807) is 4.90 Å². The van der Waals surface area contributed by atoms with Crippen molar-refractivity contribution in [2.24, 2.45) is 0 Å². The van der Waals surface area contributed by atoms with Crippen LogP contribution < -0.4 is 0 Å². The van der Waals surface area contributed by atoms with Gasteiger partial charge in [0.15, 0.2) is 0 Å². The minimum atomic E-state index is -0.401. The Hall–Kier alpha value is -1.94. The van der Waals surface area contributed by atoms with Gasteiger partial charge < -0.3 is 10.0 Å². The number of aromatic nitrogens is 1. The second-order valence-electron chi connectivity index (χ2n) is 5.38. The topological polar surface area (TPSA) is 53.4 Å². The van der Waals surface area contributed by atoms with Crippen LogP contribution in [0.3, 0.4) is 0 Å². The molecule has 1 aromatic carbocycles. The molecule has 3 rings (SSSR count). The molecule has 0 spiro atoms. The monoisotopic (exact) mass is 270 g/mol. The Morgan fingerprint density at radius 1 is 1.40 bits per heavy atom. The van der Waals surface area contributed by atoms with E-state index >= 15 is 0 Å². The molecule has 0 radical (unpaired) electrons. The molecule has 0 aliphatic carbocycles. The molecule has 1 saturated heterocycles. The van der Waals surface area contributed by atoms with Gasteiger partial charge >= 0.3 is 0 Å². The smallest absolute Gasteiger partial charge is 0.254 e. The number of para-hydroxylation sites is 1. The average Bonchev–Trinajstić information content (AvgIpc) is 2.45. The Labute approximate surface area is 118 Å². The van der Waals surface area contributed by atoms with Crippen LogP contribution in [-0.2, 0) is 0 Å². The standard InChI is InChI=1S/C16H18N2O2/c1-11-9-14(13-6-2-3-7-15(13)17-11)16(20)18-8-4-5-12(19)10-18/h2-3,6-7,9,12,19H,4-5,8,10H2,1H3/t12-/m0/s1. The van der Waals surface area contributed by atoms with Gasteiger partial charge in [0.1, 0.15) is 0 Å². The number of aliphatic hydroxyl groups excluding tert-OH is 1. The highest BCUT2D eigenvalue weighted by molar-refractivity contribution is 6.06. The molecule has 1 amide bonds. The summed E-state index contributed by atoms with van der Waals surface area (Å²) in [6, 6.07) is 9.53. The minimum Gasteiger partial charge on any atom is -0.391 e.